The standard InChI is InChI=1S/C21H27N2.C15H10.C11H21N2.2ClH.Ru/c1-14-9-16(3)20(17(4)10-14)22-7-8-23(13-22)21-18(5)11-15(2)12-19(21)6;1-2-6-12(7-3-1)15-11-10-13-8-4-5-9-14(13)15;1-8(2)12-7-13(9(3)4)11(6)10(12)5;;;/h9-13H,7-8H2,1-6H3;1-9,11H;7-9H,1-6H3;2*1H;/q-1;;-1;;;+2/p-2. The Morgan fingerprint density at radius 2 is 0.963 bits per heavy atom. The zero-order chi connectivity index (χ0) is 39.4. The third-order valence-electron chi connectivity index (χ3n) is 10.3. The second-order valence-electron chi connectivity index (χ2n) is 15.3. The van der Waals surface area contributed by atoms with Crippen LogP contribution in [-0.4, -0.2) is 39.1 Å². The molecule has 0 amide bonds. The maximum absolute atomic E-state index is 6.19. The van der Waals surface area contributed by atoms with Crippen LogP contribution < -0.4 is 9.80 Å². The van der Waals surface area contributed by atoms with E-state index in [1.54, 1.807) is 0 Å². The van der Waals surface area contributed by atoms with Crippen molar-refractivity contribution in [1.29, 1.82) is 0 Å². The quantitative estimate of drug-likeness (QED) is 0.146. The molecule has 2 heterocycles. The Morgan fingerprint density at radius 3 is 1.35 bits per heavy atom. The first-order chi connectivity index (χ1) is 25.6. The number of fused-ring (bicyclic) bond motifs is 1. The number of hydrogen-bond acceptors (Lipinski definition) is 4. The summed E-state index contributed by atoms with van der Waals surface area (Å²) in [6.45, 7) is 33.0. The zero-order valence-corrected chi connectivity index (χ0v) is 37.5. The average molecular weight is 851 g/mol. The van der Waals surface area contributed by atoms with Gasteiger partial charge in [0.05, 0.1) is 0 Å². The summed E-state index contributed by atoms with van der Waals surface area (Å²) in [5, 5.41) is 0. The van der Waals surface area contributed by atoms with Gasteiger partial charge in [-0.05, 0) is 129 Å². The van der Waals surface area contributed by atoms with Gasteiger partial charge in [-0.15, -0.1) is 0 Å². The van der Waals surface area contributed by atoms with Gasteiger partial charge in [0.25, 0.3) is 0 Å². The molecular formula is C47H58Cl2N4Ru-2. The van der Waals surface area contributed by atoms with Crippen LogP contribution in [0.5, 0.6) is 0 Å². The molecule has 290 valence electrons. The second-order valence-corrected chi connectivity index (χ2v) is 21.1. The van der Waals surface area contributed by atoms with Crippen LogP contribution in [0.4, 0.5) is 11.4 Å². The van der Waals surface area contributed by atoms with Crippen molar-refractivity contribution in [2.75, 3.05) is 22.9 Å². The van der Waals surface area contributed by atoms with Crippen LogP contribution >= 0.6 is 19.4 Å². The molecular weight excluding hydrogens is 793 g/mol. The van der Waals surface area contributed by atoms with Crippen LogP contribution in [0.2, 0.25) is 0 Å². The Kier molecular flexibility index (Phi) is 14.0. The molecule has 1 aliphatic carbocycles. The van der Waals surface area contributed by atoms with E-state index in [0.29, 0.717) is 12.1 Å². The predicted molar refractivity (Wildman–Crippen MR) is 233 cm³/mol. The van der Waals surface area contributed by atoms with Crippen molar-refractivity contribution in [2.24, 2.45) is 0 Å². The number of nitrogens with zero attached hydrogens (tertiary/aromatic N) is 4. The molecule has 0 spiro atoms. The number of anilines is 2. The molecule has 0 radical (unpaired) electrons. The van der Waals surface area contributed by atoms with Gasteiger partial charge in [0, 0.05) is 24.5 Å². The molecule has 1 fully saturated rings. The van der Waals surface area contributed by atoms with Gasteiger partial charge in [-0.25, -0.2) is 0 Å². The average Bonchev–Trinajstić information content (AvgIpc) is 3.81. The monoisotopic (exact) mass is 850 g/mol. The zero-order valence-electron chi connectivity index (χ0n) is 34.2. The van der Waals surface area contributed by atoms with Crippen molar-refractivity contribution >= 4 is 40.4 Å². The second kappa shape index (κ2) is 18.1. The molecule has 0 bridgehead atoms. The van der Waals surface area contributed by atoms with Crippen LogP contribution in [0.1, 0.15) is 91.6 Å². The van der Waals surface area contributed by atoms with Gasteiger partial charge in [-0.3, -0.25) is 0 Å². The van der Waals surface area contributed by atoms with E-state index in [1.165, 1.54) is 78.4 Å². The van der Waals surface area contributed by atoms with E-state index in [1.807, 2.05) is 24.3 Å². The van der Waals surface area contributed by atoms with E-state index in [2.05, 4.69) is 177 Å². The summed E-state index contributed by atoms with van der Waals surface area (Å²) in [6.07, 6.45) is 2.15. The molecule has 2 aliphatic heterocycles. The molecule has 1 saturated heterocycles. The third-order valence-corrected chi connectivity index (χ3v) is 13.5. The summed E-state index contributed by atoms with van der Waals surface area (Å²) in [5.41, 5.74) is 18.5. The molecule has 0 saturated carbocycles. The molecule has 0 atom stereocenters. The molecule has 7 rings (SSSR count). The Hall–Kier alpha value is -3.37. The minimum absolute atomic E-state index is 0.554. The van der Waals surface area contributed by atoms with Crippen molar-refractivity contribution in [3.05, 3.63) is 160 Å². The van der Waals surface area contributed by atoms with E-state index in [-0.39, 0.29) is 0 Å². The van der Waals surface area contributed by atoms with Crippen molar-refractivity contribution in [1.82, 2.24) is 9.80 Å². The van der Waals surface area contributed by atoms with Crippen molar-refractivity contribution in [3.8, 4) is 0 Å². The van der Waals surface area contributed by atoms with E-state index >= 15 is 0 Å². The molecule has 0 unspecified atom stereocenters. The fourth-order valence-corrected chi connectivity index (χ4v) is 10.5. The van der Waals surface area contributed by atoms with Crippen LogP contribution in [0.3, 0.4) is 0 Å². The topological polar surface area (TPSA) is 13.0 Å². The maximum atomic E-state index is 6.19. The van der Waals surface area contributed by atoms with E-state index in [4.69, 9.17) is 19.4 Å². The fraction of sp³-hybridized carbons (Fsp3) is 0.340. The SMILES string of the molecule is CC1=C(C)N(C(C)C)[CH-]N1C(C)C.Cc1cc(C)c(N2[CH-]N(c3c(C)cc(C)cc3C)CC2)c(C)c1.[Cl][Ru]([Cl])=[C]1C=C(c2ccccc2)c2ccccc21. The molecule has 0 aromatic heterocycles. The summed E-state index contributed by atoms with van der Waals surface area (Å²) in [4.78, 5) is 9.47. The summed E-state index contributed by atoms with van der Waals surface area (Å²) in [7, 11) is 12.4. The molecule has 0 N–H and O–H groups in total. The number of benzene rings is 4. The Labute approximate surface area is 339 Å². The van der Waals surface area contributed by atoms with Gasteiger partial charge >= 0.3 is 120 Å². The number of hydrogen-bond donors (Lipinski definition) is 0. The van der Waals surface area contributed by atoms with Crippen molar-refractivity contribution in [3.63, 3.8) is 0 Å². The van der Waals surface area contributed by atoms with Gasteiger partial charge in [0.15, 0.2) is 0 Å². The molecule has 4 aromatic rings. The Morgan fingerprint density at radius 1 is 0.556 bits per heavy atom. The van der Waals surface area contributed by atoms with Crippen LogP contribution in [0.25, 0.3) is 5.57 Å². The molecule has 3 aliphatic rings. The first kappa shape index (κ1) is 41.8. The summed E-state index contributed by atoms with van der Waals surface area (Å²) in [6, 6.07) is 28.9. The molecule has 4 aromatic carbocycles. The Balaban J connectivity index is 0.000000162. The van der Waals surface area contributed by atoms with Crippen LogP contribution in [-0.2, 0) is 13.5 Å². The normalized spacial score (nSPS) is 15.4. The summed E-state index contributed by atoms with van der Waals surface area (Å²) < 4.78 is 1.12. The third kappa shape index (κ3) is 9.35. The van der Waals surface area contributed by atoms with Crippen LogP contribution in [0.15, 0.2) is 96.3 Å². The van der Waals surface area contributed by atoms with Gasteiger partial charge in [-0.1, -0.05) is 35.4 Å². The first-order valence-corrected chi connectivity index (χ1v) is 24.3. The van der Waals surface area contributed by atoms with E-state index < -0.39 is 13.5 Å². The van der Waals surface area contributed by atoms with E-state index in [9.17, 15) is 0 Å². The van der Waals surface area contributed by atoms with Crippen LogP contribution in [0, 0.1) is 54.9 Å². The number of aryl methyl sites for hydroxylation is 6. The number of rotatable bonds is 5. The Bertz CT molecular complexity index is 1930. The van der Waals surface area contributed by atoms with Gasteiger partial charge in [0.1, 0.15) is 0 Å². The molecule has 4 nitrogen and oxygen atoms in total. The predicted octanol–water partition coefficient (Wildman–Crippen LogP) is 12.4. The number of halogens is 2. The first-order valence-electron chi connectivity index (χ1n) is 19.0. The van der Waals surface area contributed by atoms with Crippen molar-refractivity contribution in [2.45, 2.75) is 95.2 Å². The van der Waals surface area contributed by atoms with Crippen molar-refractivity contribution < 1.29 is 13.5 Å². The van der Waals surface area contributed by atoms with Gasteiger partial charge in [-0.2, -0.15) is 13.3 Å². The number of allylic oxidation sites excluding steroid dienone is 3. The summed E-state index contributed by atoms with van der Waals surface area (Å²) in [5.74, 6) is 0. The van der Waals surface area contributed by atoms with E-state index in [0.717, 1.165) is 17.2 Å². The van der Waals surface area contributed by atoms with Gasteiger partial charge < -0.3 is 19.6 Å². The minimum atomic E-state index is -1.88. The fourth-order valence-electron chi connectivity index (χ4n) is 7.98. The van der Waals surface area contributed by atoms with Gasteiger partial charge in [0.2, 0.25) is 0 Å². The molecule has 54 heavy (non-hydrogen) atoms. The molecule has 7 heteroatoms. The summed E-state index contributed by atoms with van der Waals surface area (Å²) >= 11 is -1.88.